The summed E-state index contributed by atoms with van der Waals surface area (Å²) in [5, 5.41) is 3.03. The average Bonchev–Trinajstić information content (AvgIpc) is 3.26. The third kappa shape index (κ3) is 4.92. The number of piperidine rings is 1. The molecule has 7 nitrogen and oxygen atoms in total. The van der Waals surface area contributed by atoms with Crippen molar-refractivity contribution in [3.63, 3.8) is 0 Å². The van der Waals surface area contributed by atoms with E-state index >= 15 is 0 Å². The fraction of sp³-hybridized carbons (Fsp3) is 0.440. The molecule has 0 aliphatic carbocycles. The number of rotatable bonds is 6. The summed E-state index contributed by atoms with van der Waals surface area (Å²) in [6, 6.07) is 13.0. The zero-order valence-electron chi connectivity index (χ0n) is 19.5. The first-order valence-electron chi connectivity index (χ1n) is 11.7. The van der Waals surface area contributed by atoms with Gasteiger partial charge in [-0.15, -0.1) is 0 Å². The lowest BCUT2D eigenvalue weighted by molar-refractivity contribution is -0.126. The zero-order chi connectivity index (χ0) is 24.5. The van der Waals surface area contributed by atoms with Crippen LogP contribution in [0.5, 0.6) is 0 Å². The van der Waals surface area contributed by atoms with Crippen molar-refractivity contribution in [3.05, 3.63) is 58.1 Å². The molecule has 4 rings (SSSR count). The van der Waals surface area contributed by atoms with E-state index in [9.17, 15) is 18.0 Å². The Bertz CT molecular complexity index is 1190. The number of carbonyl (C=O) groups is 2. The number of anilines is 1. The van der Waals surface area contributed by atoms with Crippen LogP contribution in [0, 0.1) is 5.92 Å². The van der Waals surface area contributed by atoms with Gasteiger partial charge in [-0.05, 0) is 65.4 Å². The van der Waals surface area contributed by atoms with Crippen LogP contribution in [-0.2, 0) is 26.0 Å². The Balaban J connectivity index is 1.53. The van der Waals surface area contributed by atoms with Gasteiger partial charge in [0.15, 0.2) is 0 Å². The molecule has 182 valence electrons. The van der Waals surface area contributed by atoms with Crippen LogP contribution in [0.4, 0.5) is 5.69 Å². The van der Waals surface area contributed by atoms with Crippen LogP contribution >= 0.6 is 15.9 Å². The van der Waals surface area contributed by atoms with Crippen molar-refractivity contribution in [1.29, 1.82) is 0 Å². The summed E-state index contributed by atoms with van der Waals surface area (Å²) in [4.78, 5) is 27.1. The molecule has 0 radical (unpaired) electrons. The number of halogens is 1. The number of amides is 2. The van der Waals surface area contributed by atoms with Gasteiger partial charge >= 0.3 is 0 Å². The molecule has 2 aromatic carbocycles. The monoisotopic (exact) mass is 547 g/mol. The molecule has 0 spiro atoms. The summed E-state index contributed by atoms with van der Waals surface area (Å²) in [5.41, 5.74) is 2.62. The lowest BCUT2D eigenvalue weighted by Gasteiger charge is -2.32. The molecule has 0 aromatic heterocycles. The minimum absolute atomic E-state index is 0.0216. The molecule has 9 heteroatoms. The molecule has 0 bridgehead atoms. The van der Waals surface area contributed by atoms with Gasteiger partial charge in [-0.25, -0.2) is 8.42 Å². The van der Waals surface area contributed by atoms with E-state index in [0.29, 0.717) is 48.9 Å². The predicted molar refractivity (Wildman–Crippen MR) is 135 cm³/mol. The Morgan fingerprint density at radius 1 is 1.18 bits per heavy atom. The molecular formula is C25H30BrN3O4S. The molecule has 2 atom stereocenters. The van der Waals surface area contributed by atoms with Crippen molar-refractivity contribution in [2.45, 2.75) is 50.5 Å². The molecule has 2 aliphatic heterocycles. The van der Waals surface area contributed by atoms with Crippen LogP contribution in [0.25, 0.3) is 0 Å². The molecule has 2 unspecified atom stereocenters. The standard InChI is InChI=1S/C25H30BrN3O4S/c1-3-24(30)29-13-11-19-14-21(26)23(15-22(19)29)34(32,33)28-12-7-10-20(16-28)25(31)27-17(2)18-8-5-4-6-9-18/h4-6,8-9,14-15,17,20H,3,7,10-13,16H2,1-2H3,(H,27,31). The second-order valence-corrected chi connectivity index (χ2v) is 11.7. The van der Waals surface area contributed by atoms with Crippen LogP contribution in [0.3, 0.4) is 0 Å². The van der Waals surface area contributed by atoms with Crippen LogP contribution < -0.4 is 10.2 Å². The van der Waals surface area contributed by atoms with E-state index in [4.69, 9.17) is 0 Å². The van der Waals surface area contributed by atoms with Gasteiger partial charge in [0.2, 0.25) is 21.8 Å². The molecule has 2 amide bonds. The number of hydrogen-bond donors (Lipinski definition) is 1. The number of nitrogens with zero attached hydrogens (tertiary/aromatic N) is 2. The number of benzene rings is 2. The van der Waals surface area contributed by atoms with E-state index in [1.54, 1.807) is 24.0 Å². The quantitative estimate of drug-likeness (QED) is 0.591. The van der Waals surface area contributed by atoms with Crippen LogP contribution in [0.1, 0.15) is 50.3 Å². The minimum Gasteiger partial charge on any atom is -0.349 e. The molecule has 2 aliphatic rings. The summed E-state index contributed by atoms with van der Waals surface area (Å²) in [6.45, 7) is 4.78. The van der Waals surface area contributed by atoms with E-state index < -0.39 is 15.9 Å². The van der Waals surface area contributed by atoms with Crippen molar-refractivity contribution in [2.75, 3.05) is 24.5 Å². The highest BCUT2D eigenvalue weighted by Gasteiger charge is 2.36. The van der Waals surface area contributed by atoms with Crippen molar-refractivity contribution >= 4 is 43.5 Å². The average molecular weight is 549 g/mol. The third-order valence-corrected chi connectivity index (χ3v) is 9.49. The molecule has 2 aromatic rings. The minimum atomic E-state index is -3.85. The molecule has 2 heterocycles. The first-order valence-corrected chi connectivity index (χ1v) is 13.9. The maximum Gasteiger partial charge on any atom is 0.244 e. The lowest BCUT2D eigenvalue weighted by atomic mass is 9.98. The lowest BCUT2D eigenvalue weighted by Crippen LogP contribution is -2.45. The molecule has 1 saturated heterocycles. The van der Waals surface area contributed by atoms with E-state index in [2.05, 4.69) is 21.2 Å². The van der Waals surface area contributed by atoms with Gasteiger partial charge < -0.3 is 10.2 Å². The molecular weight excluding hydrogens is 518 g/mol. The summed E-state index contributed by atoms with van der Waals surface area (Å²) in [5.74, 6) is -0.572. The Kier molecular flexibility index (Phi) is 7.45. The Labute approximate surface area is 209 Å². The highest BCUT2D eigenvalue weighted by molar-refractivity contribution is 9.10. The Morgan fingerprint density at radius 2 is 1.91 bits per heavy atom. The second kappa shape index (κ2) is 10.2. The molecule has 1 N–H and O–H groups in total. The summed E-state index contributed by atoms with van der Waals surface area (Å²) < 4.78 is 29.1. The van der Waals surface area contributed by atoms with Crippen molar-refractivity contribution in [1.82, 2.24) is 9.62 Å². The van der Waals surface area contributed by atoms with Crippen molar-refractivity contribution in [2.24, 2.45) is 5.92 Å². The largest absolute Gasteiger partial charge is 0.349 e. The third-order valence-electron chi connectivity index (χ3n) is 6.66. The van der Waals surface area contributed by atoms with Gasteiger partial charge in [0.25, 0.3) is 0 Å². The summed E-state index contributed by atoms with van der Waals surface area (Å²) >= 11 is 3.44. The van der Waals surface area contributed by atoms with E-state index in [1.165, 1.54) is 4.31 Å². The van der Waals surface area contributed by atoms with Gasteiger partial charge in [0, 0.05) is 36.2 Å². The smallest absolute Gasteiger partial charge is 0.244 e. The van der Waals surface area contributed by atoms with Crippen LogP contribution in [0.2, 0.25) is 0 Å². The number of sulfonamides is 1. The Morgan fingerprint density at radius 3 is 2.62 bits per heavy atom. The van der Waals surface area contributed by atoms with Crippen molar-refractivity contribution < 1.29 is 18.0 Å². The number of carbonyl (C=O) groups excluding carboxylic acids is 2. The topological polar surface area (TPSA) is 86.8 Å². The van der Waals surface area contributed by atoms with E-state index in [0.717, 1.165) is 11.1 Å². The first kappa shape index (κ1) is 24.9. The van der Waals surface area contributed by atoms with Crippen LogP contribution in [0.15, 0.2) is 51.8 Å². The molecule has 34 heavy (non-hydrogen) atoms. The zero-order valence-corrected chi connectivity index (χ0v) is 21.9. The highest BCUT2D eigenvalue weighted by Crippen LogP contribution is 2.37. The maximum atomic E-state index is 13.6. The number of hydrogen-bond acceptors (Lipinski definition) is 4. The Hall–Kier alpha value is -2.23. The van der Waals surface area contributed by atoms with Crippen LogP contribution in [-0.4, -0.2) is 44.2 Å². The SMILES string of the molecule is CCC(=O)N1CCc2cc(Br)c(S(=O)(=O)N3CCCC(C(=O)NC(C)c4ccccc4)C3)cc21. The van der Waals surface area contributed by atoms with E-state index in [-0.39, 0.29) is 29.3 Å². The predicted octanol–water partition coefficient (Wildman–Crippen LogP) is 4.03. The van der Waals surface area contributed by atoms with E-state index in [1.807, 2.05) is 37.3 Å². The summed E-state index contributed by atoms with van der Waals surface area (Å²) in [7, 11) is -3.85. The number of fused-ring (bicyclic) bond motifs is 1. The molecule has 0 saturated carbocycles. The maximum absolute atomic E-state index is 13.6. The van der Waals surface area contributed by atoms with Gasteiger partial charge in [0.1, 0.15) is 0 Å². The fourth-order valence-corrected chi connectivity index (χ4v) is 7.30. The van der Waals surface area contributed by atoms with Gasteiger partial charge in [-0.3, -0.25) is 9.59 Å². The van der Waals surface area contributed by atoms with Gasteiger partial charge in [0.05, 0.1) is 16.9 Å². The van der Waals surface area contributed by atoms with Gasteiger partial charge in [-0.2, -0.15) is 4.31 Å². The summed E-state index contributed by atoms with van der Waals surface area (Å²) in [6.07, 6.45) is 2.32. The van der Waals surface area contributed by atoms with Gasteiger partial charge in [-0.1, -0.05) is 37.3 Å². The number of nitrogens with one attached hydrogen (secondary N) is 1. The first-order chi connectivity index (χ1) is 16.2. The highest BCUT2D eigenvalue weighted by atomic mass is 79.9. The fourth-order valence-electron chi connectivity index (χ4n) is 4.71. The molecule has 1 fully saturated rings. The second-order valence-electron chi connectivity index (χ2n) is 8.90. The van der Waals surface area contributed by atoms with Crippen molar-refractivity contribution in [3.8, 4) is 0 Å². The normalized spacial score (nSPS) is 19.5.